The number of ether oxygens (including phenoxy) is 1. The molecule has 0 saturated heterocycles. The van der Waals surface area contributed by atoms with Crippen molar-refractivity contribution >= 4 is 0 Å². The Morgan fingerprint density at radius 3 is 2.88 bits per heavy atom. The van der Waals surface area contributed by atoms with E-state index in [0.29, 0.717) is 17.9 Å². The van der Waals surface area contributed by atoms with Crippen LogP contribution in [0.5, 0.6) is 5.75 Å². The zero-order chi connectivity index (χ0) is 11.5. The Morgan fingerprint density at radius 1 is 1.38 bits per heavy atom. The first-order valence-electron chi connectivity index (χ1n) is 6.13. The highest BCUT2D eigenvalue weighted by atomic mass is 16.5. The van der Waals surface area contributed by atoms with Gasteiger partial charge >= 0.3 is 0 Å². The molecule has 0 bridgehead atoms. The minimum absolute atomic E-state index is 0.544. The van der Waals surface area contributed by atoms with Crippen molar-refractivity contribution in [3.8, 4) is 5.75 Å². The van der Waals surface area contributed by atoms with E-state index in [1.54, 1.807) is 0 Å². The Bertz CT molecular complexity index is 348. The van der Waals surface area contributed by atoms with Crippen LogP contribution >= 0.6 is 0 Å². The second-order valence-corrected chi connectivity index (χ2v) is 5.00. The van der Waals surface area contributed by atoms with Crippen LogP contribution in [0.1, 0.15) is 32.3 Å². The van der Waals surface area contributed by atoms with E-state index in [4.69, 9.17) is 4.74 Å². The van der Waals surface area contributed by atoms with Gasteiger partial charge in [0.2, 0.25) is 0 Å². The van der Waals surface area contributed by atoms with E-state index in [1.807, 2.05) is 6.07 Å². The van der Waals surface area contributed by atoms with Gasteiger partial charge < -0.3 is 10.1 Å². The summed E-state index contributed by atoms with van der Waals surface area (Å²) in [6.07, 6.45) is 0. The molecule has 2 heteroatoms. The molecule has 1 N–H and O–H groups in total. The molecule has 0 fully saturated rings. The number of hydrogen-bond donors (Lipinski definition) is 1. The van der Waals surface area contributed by atoms with Crippen molar-refractivity contribution in [1.29, 1.82) is 0 Å². The molecular formula is C14H21NO. The SMILES string of the molecule is CC(C)NCC1c2ccccc2OCC1C. The van der Waals surface area contributed by atoms with Crippen LogP contribution in [0.3, 0.4) is 0 Å². The van der Waals surface area contributed by atoms with Crippen LogP contribution in [0.4, 0.5) is 0 Å². The van der Waals surface area contributed by atoms with Crippen LogP contribution in [-0.4, -0.2) is 19.2 Å². The van der Waals surface area contributed by atoms with E-state index >= 15 is 0 Å². The van der Waals surface area contributed by atoms with E-state index in [1.165, 1.54) is 5.56 Å². The van der Waals surface area contributed by atoms with Gasteiger partial charge in [0.1, 0.15) is 5.75 Å². The summed E-state index contributed by atoms with van der Waals surface area (Å²) in [6.45, 7) is 8.52. The Labute approximate surface area is 98.0 Å². The summed E-state index contributed by atoms with van der Waals surface area (Å²) in [4.78, 5) is 0. The smallest absolute Gasteiger partial charge is 0.122 e. The monoisotopic (exact) mass is 219 g/mol. The summed E-state index contributed by atoms with van der Waals surface area (Å²) < 4.78 is 5.74. The van der Waals surface area contributed by atoms with Gasteiger partial charge in [-0.1, -0.05) is 39.0 Å². The fraction of sp³-hybridized carbons (Fsp3) is 0.571. The first kappa shape index (κ1) is 11.5. The van der Waals surface area contributed by atoms with Gasteiger partial charge in [-0.15, -0.1) is 0 Å². The van der Waals surface area contributed by atoms with Gasteiger partial charge in [-0.05, 0) is 17.5 Å². The molecule has 1 aromatic carbocycles. The third-order valence-corrected chi connectivity index (χ3v) is 3.25. The Kier molecular flexibility index (Phi) is 3.49. The van der Waals surface area contributed by atoms with Gasteiger partial charge in [-0.3, -0.25) is 0 Å². The van der Waals surface area contributed by atoms with E-state index < -0.39 is 0 Å². The largest absolute Gasteiger partial charge is 0.493 e. The van der Waals surface area contributed by atoms with Gasteiger partial charge in [-0.25, -0.2) is 0 Å². The van der Waals surface area contributed by atoms with Gasteiger partial charge in [0.05, 0.1) is 6.61 Å². The molecule has 1 aliphatic rings. The Hall–Kier alpha value is -1.02. The van der Waals surface area contributed by atoms with Crippen LogP contribution in [0.15, 0.2) is 24.3 Å². The predicted molar refractivity (Wildman–Crippen MR) is 67.0 cm³/mol. The third-order valence-electron chi connectivity index (χ3n) is 3.25. The molecule has 2 rings (SSSR count). The molecule has 2 atom stereocenters. The number of para-hydroxylation sites is 1. The lowest BCUT2D eigenvalue weighted by atomic mass is 9.85. The maximum Gasteiger partial charge on any atom is 0.122 e. The molecule has 1 heterocycles. The minimum atomic E-state index is 0.544. The second-order valence-electron chi connectivity index (χ2n) is 5.00. The van der Waals surface area contributed by atoms with Crippen LogP contribution in [-0.2, 0) is 0 Å². The molecule has 88 valence electrons. The van der Waals surface area contributed by atoms with Crippen LogP contribution in [0.2, 0.25) is 0 Å². The van der Waals surface area contributed by atoms with Gasteiger partial charge in [0, 0.05) is 18.5 Å². The summed E-state index contributed by atoms with van der Waals surface area (Å²) in [6, 6.07) is 8.95. The molecule has 0 aliphatic carbocycles. The average molecular weight is 219 g/mol. The summed E-state index contributed by atoms with van der Waals surface area (Å²) in [7, 11) is 0. The standard InChI is InChI=1S/C14H21NO/c1-10(2)15-8-13-11(3)9-16-14-7-5-4-6-12(13)14/h4-7,10-11,13,15H,8-9H2,1-3H3. The number of benzene rings is 1. The van der Waals surface area contributed by atoms with Crippen LogP contribution in [0, 0.1) is 5.92 Å². The summed E-state index contributed by atoms with van der Waals surface area (Å²) in [5.74, 6) is 2.23. The van der Waals surface area contributed by atoms with Crippen molar-refractivity contribution in [2.75, 3.05) is 13.2 Å². The molecule has 2 nitrogen and oxygen atoms in total. The number of rotatable bonds is 3. The zero-order valence-electron chi connectivity index (χ0n) is 10.4. The van der Waals surface area contributed by atoms with Crippen molar-refractivity contribution < 1.29 is 4.74 Å². The van der Waals surface area contributed by atoms with E-state index in [9.17, 15) is 0 Å². The highest BCUT2D eigenvalue weighted by Gasteiger charge is 2.27. The highest BCUT2D eigenvalue weighted by molar-refractivity contribution is 5.38. The molecule has 0 saturated carbocycles. The van der Waals surface area contributed by atoms with Gasteiger partial charge in [-0.2, -0.15) is 0 Å². The van der Waals surface area contributed by atoms with Crippen molar-refractivity contribution in [2.45, 2.75) is 32.7 Å². The fourth-order valence-electron chi connectivity index (χ4n) is 2.24. The Balaban J connectivity index is 2.16. The molecule has 1 aliphatic heterocycles. The van der Waals surface area contributed by atoms with Crippen LogP contribution in [0.25, 0.3) is 0 Å². The molecule has 16 heavy (non-hydrogen) atoms. The van der Waals surface area contributed by atoms with Crippen molar-refractivity contribution in [3.05, 3.63) is 29.8 Å². The Morgan fingerprint density at radius 2 is 2.12 bits per heavy atom. The first-order valence-corrected chi connectivity index (χ1v) is 6.13. The van der Waals surface area contributed by atoms with Crippen molar-refractivity contribution in [3.63, 3.8) is 0 Å². The summed E-state index contributed by atoms with van der Waals surface area (Å²) >= 11 is 0. The normalized spacial score (nSPS) is 24.0. The van der Waals surface area contributed by atoms with Gasteiger partial charge in [0.15, 0.2) is 0 Å². The highest BCUT2D eigenvalue weighted by Crippen LogP contribution is 2.36. The van der Waals surface area contributed by atoms with Crippen LogP contribution < -0.4 is 10.1 Å². The lowest BCUT2D eigenvalue weighted by molar-refractivity contribution is 0.201. The lowest BCUT2D eigenvalue weighted by Crippen LogP contribution is -2.34. The van der Waals surface area contributed by atoms with E-state index in [0.717, 1.165) is 18.9 Å². The maximum atomic E-state index is 5.74. The molecule has 2 unspecified atom stereocenters. The lowest BCUT2D eigenvalue weighted by Gasteiger charge is -2.32. The number of fused-ring (bicyclic) bond motifs is 1. The topological polar surface area (TPSA) is 21.3 Å². The molecule has 0 radical (unpaired) electrons. The quantitative estimate of drug-likeness (QED) is 0.844. The molecule has 0 amide bonds. The van der Waals surface area contributed by atoms with Gasteiger partial charge in [0.25, 0.3) is 0 Å². The van der Waals surface area contributed by atoms with Crippen molar-refractivity contribution in [1.82, 2.24) is 5.32 Å². The minimum Gasteiger partial charge on any atom is -0.493 e. The summed E-state index contributed by atoms with van der Waals surface area (Å²) in [5.41, 5.74) is 1.36. The first-order chi connectivity index (χ1) is 7.68. The van der Waals surface area contributed by atoms with E-state index in [2.05, 4.69) is 44.3 Å². The maximum absolute atomic E-state index is 5.74. The molecule has 1 aromatic rings. The fourth-order valence-corrected chi connectivity index (χ4v) is 2.24. The molecular weight excluding hydrogens is 198 g/mol. The zero-order valence-corrected chi connectivity index (χ0v) is 10.4. The summed E-state index contributed by atoms with van der Waals surface area (Å²) in [5, 5.41) is 3.53. The number of hydrogen-bond acceptors (Lipinski definition) is 2. The van der Waals surface area contributed by atoms with Crippen molar-refractivity contribution in [2.24, 2.45) is 5.92 Å². The third kappa shape index (κ3) is 2.38. The second kappa shape index (κ2) is 4.88. The average Bonchev–Trinajstić information content (AvgIpc) is 2.27. The number of nitrogens with one attached hydrogen (secondary N) is 1. The van der Waals surface area contributed by atoms with E-state index in [-0.39, 0.29) is 0 Å². The molecule has 0 aromatic heterocycles. The molecule has 0 spiro atoms. The predicted octanol–water partition coefficient (Wildman–Crippen LogP) is 2.80.